The highest BCUT2D eigenvalue weighted by Crippen LogP contribution is 2.41. The number of morpholine rings is 1. The van der Waals surface area contributed by atoms with Gasteiger partial charge in [0.05, 0.1) is 18.8 Å². The second-order valence-electron chi connectivity index (χ2n) is 7.60. The Hall–Kier alpha value is -1.68. The van der Waals surface area contributed by atoms with Crippen molar-refractivity contribution in [1.29, 1.82) is 0 Å². The molecule has 0 bridgehead atoms. The lowest BCUT2D eigenvalue weighted by atomic mass is 9.74. The fraction of sp³-hybridized carbons (Fsp3) is 0.500. The predicted molar refractivity (Wildman–Crippen MR) is 111 cm³/mol. The zero-order valence-corrected chi connectivity index (χ0v) is 16.7. The topological polar surface area (TPSA) is 32.7 Å². The molecule has 0 aromatic heterocycles. The molecule has 0 amide bonds. The van der Waals surface area contributed by atoms with Gasteiger partial charge in [-0.1, -0.05) is 74.9 Å². The zero-order valence-electron chi connectivity index (χ0n) is 16.7. The van der Waals surface area contributed by atoms with E-state index in [4.69, 9.17) is 4.74 Å². The summed E-state index contributed by atoms with van der Waals surface area (Å²) in [4.78, 5) is 2.43. The molecule has 1 aliphatic heterocycles. The average Bonchev–Trinajstić information content (AvgIpc) is 2.73. The highest BCUT2D eigenvalue weighted by atomic mass is 16.5. The molecule has 0 saturated carbocycles. The fourth-order valence-electron chi connectivity index (χ4n) is 4.19. The monoisotopic (exact) mass is 367 g/mol. The minimum absolute atomic E-state index is 0.0317. The lowest BCUT2D eigenvalue weighted by molar-refractivity contribution is -0.0285. The van der Waals surface area contributed by atoms with Crippen molar-refractivity contribution in [1.82, 2.24) is 4.90 Å². The summed E-state index contributed by atoms with van der Waals surface area (Å²) in [7, 11) is 0. The van der Waals surface area contributed by atoms with E-state index in [0.717, 1.165) is 57.7 Å². The Morgan fingerprint density at radius 1 is 1.00 bits per heavy atom. The van der Waals surface area contributed by atoms with Crippen LogP contribution in [-0.2, 0) is 16.8 Å². The van der Waals surface area contributed by atoms with Crippen LogP contribution in [0.4, 0.5) is 0 Å². The number of aryl methyl sites for hydroxylation is 1. The van der Waals surface area contributed by atoms with E-state index in [0.29, 0.717) is 0 Å². The first-order valence-electron chi connectivity index (χ1n) is 10.3. The number of benzene rings is 2. The second kappa shape index (κ2) is 9.50. The van der Waals surface area contributed by atoms with Crippen LogP contribution in [0.2, 0.25) is 0 Å². The first kappa shape index (κ1) is 20.1. The zero-order chi connectivity index (χ0) is 19.1. The van der Waals surface area contributed by atoms with Crippen molar-refractivity contribution >= 4 is 0 Å². The van der Waals surface area contributed by atoms with Crippen LogP contribution >= 0.6 is 0 Å². The summed E-state index contributed by atoms with van der Waals surface area (Å²) in [5, 5.41) is 12.0. The predicted octanol–water partition coefficient (Wildman–Crippen LogP) is 4.35. The third-order valence-electron chi connectivity index (χ3n) is 5.82. The molecule has 2 aromatic rings. The summed E-state index contributed by atoms with van der Waals surface area (Å²) in [6, 6.07) is 19.1. The molecule has 1 N–H and O–H groups in total. The van der Waals surface area contributed by atoms with Crippen LogP contribution in [0.5, 0.6) is 0 Å². The third kappa shape index (κ3) is 4.78. The van der Waals surface area contributed by atoms with E-state index >= 15 is 0 Å². The van der Waals surface area contributed by atoms with Gasteiger partial charge in [0.2, 0.25) is 0 Å². The Morgan fingerprint density at radius 3 is 2.26 bits per heavy atom. The largest absolute Gasteiger partial charge is 0.384 e. The molecule has 2 aromatic carbocycles. The average molecular weight is 368 g/mol. The van der Waals surface area contributed by atoms with Crippen molar-refractivity contribution in [3.05, 3.63) is 71.3 Å². The molecule has 0 aliphatic carbocycles. The Bertz CT molecular complexity index is 679. The molecule has 0 radical (unpaired) electrons. The highest BCUT2D eigenvalue weighted by Gasteiger charge is 2.39. The van der Waals surface area contributed by atoms with Crippen LogP contribution in [0.15, 0.2) is 54.6 Å². The van der Waals surface area contributed by atoms with Gasteiger partial charge >= 0.3 is 0 Å². The first-order chi connectivity index (χ1) is 13.2. The molecule has 3 rings (SSSR count). The molecule has 27 heavy (non-hydrogen) atoms. The van der Waals surface area contributed by atoms with Crippen molar-refractivity contribution in [3.8, 4) is 0 Å². The van der Waals surface area contributed by atoms with E-state index in [9.17, 15) is 5.11 Å². The van der Waals surface area contributed by atoms with E-state index in [-0.39, 0.29) is 5.92 Å². The Labute approximate surface area is 164 Å². The van der Waals surface area contributed by atoms with Gasteiger partial charge in [-0.15, -0.1) is 0 Å². The molecule has 1 aliphatic rings. The minimum Gasteiger partial charge on any atom is -0.384 e. The van der Waals surface area contributed by atoms with Crippen LogP contribution in [-0.4, -0.2) is 42.9 Å². The van der Waals surface area contributed by atoms with Gasteiger partial charge in [-0.25, -0.2) is 0 Å². The maximum atomic E-state index is 12.0. The van der Waals surface area contributed by atoms with Crippen LogP contribution in [0.1, 0.15) is 49.3 Å². The molecule has 1 fully saturated rings. The Morgan fingerprint density at radius 2 is 1.67 bits per heavy atom. The smallest absolute Gasteiger partial charge is 0.0976 e. The summed E-state index contributed by atoms with van der Waals surface area (Å²) >= 11 is 0. The van der Waals surface area contributed by atoms with Crippen LogP contribution in [0.3, 0.4) is 0 Å². The fourth-order valence-corrected chi connectivity index (χ4v) is 4.19. The molecule has 0 spiro atoms. The van der Waals surface area contributed by atoms with E-state index in [1.165, 1.54) is 11.1 Å². The van der Waals surface area contributed by atoms with E-state index in [2.05, 4.69) is 67.3 Å². The van der Waals surface area contributed by atoms with Crippen molar-refractivity contribution < 1.29 is 9.84 Å². The lowest BCUT2D eigenvalue weighted by Crippen LogP contribution is -2.45. The molecule has 1 saturated heterocycles. The number of aliphatic hydroxyl groups is 1. The normalized spacial score (nSPS) is 18.8. The van der Waals surface area contributed by atoms with Crippen molar-refractivity contribution in [3.63, 3.8) is 0 Å². The quantitative estimate of drug-likeness (QED) is 0.753. The standard InChI is InChI=1S/C24H33NO2/c1-3-14-24(26,22-12-10-20(4-2)11-13-22)23(21-8-6-5-7-9-21)19-25-15-17-27-18-16-25/h5-13,23,26H,3-4,14-19H2,1-2H3/t23-,24-/m1/s1. The van der Waals surface area contributed by atoms with Crippen LogP contribution < -0.4 is 0 Å². The molecular weight excluding hydrogens is 334 g/mol. The Kier molecular flexibility index (Phi) is 7.06. The number of ether oxygens (including phenoxy) is 1. The lowest BCUT2D eigenvalue weighted by Gasteiger charge is -2.41. The summed E-state index contributed by atoms with van der Waals surface area (Å²) in [5.74, 6) is 0.0317. The highest BCUT2D eigenvalue weighted by molar-refractivity contribution is 5.33. The molecule has 0 unspecified atom stereocenters. The van der Waals surface area contributed by atoms with Crippen molar-refractivity contribution in [2.24, 2.45) is 0 Å². The summed E-state index contributed by atoms with van der Waals surface area (Å²) in [5.41, 5.74) is 2.67. The van der Waals surface area contributed by atoms with Gasteiger partial charge < -0.3 is 9.84 Å². The van der Waals surface area contributed by atoms with Gasteiger partial charge in [0.15, 0.2) is 0 Å². The minimum atomic E-state index is -0.874. The second-order valence-corrected chi connectivity index (χ2v) is 7.60. The molecule has 2 atom stereocenters. The molecule has 3 heteroatoms. The Balaban J connectivity index is 1.98. The van der Waals surface area contributed by atoms with Crippen LogP contribution in [0, 0.1) is 0 Å². The number of hydrogen-bond acceptors (Lipinski definition) is 3. The first-order valence-corrected chi connectivity index (χ1v) is 10.3. The maximum Gasteiger partial charge on any atom is 0.0976 e. The van der Waals surface area contributed by atoms with Crippen molar-refractivity contribution in [2.75, 3.05) is 32.8 Å². The van der Waals surface area contributed by atoms with Crippen molar-refractivity contribution in [2.45, 2.75) is 44.6 Å². The molecular formula is C24H33NO2. The van der Waals surface area contributed by atoms with E-state index < -0.39 is 5.60 Å². The SMILES string of the molecule is CCC[C@@](O)(c1ccc(CC)cc1)[C@H](CN1CCOCC1)c1ccccc1. The number of hydrogen-bond donors (Lipinski definition) is 1. The number of nitrogens with zero attached hydrogens (tertiary/aromatic N) is 1. The van der Waals surface area contributed by atoms with E-state index in [1.807, 2.05) is 6.07 Å². The maximum absolute atomic E-state index is 12.0. The van der Waals surface area contributed by atoms with Gasteiger partial charge in [0.1, 0.15) is 0 Å². The molecule has 146 valence electrons. The molecule has 3 nitrogen and oxygen atoms in total. The summed E-state index contributed by atoms with van der Waals surface area (Å²) < 4.78 is 5.53. The van der Waals surface area contributed by atoms with Gasteiger partial charge in [-0.05, 0) is 29.5 Å². The number of rotatable bonds is 8. The molecule has 1 heterocycles. The van der Waals surface area contributed by atoms with Gasteiger partial charge in [0, 0.05) is 25.6 Å². The van der Waals surface area contributed by atoms with Gasteiger partial charge in [0.25, 0.3) is 0 Å². The van der Waals surface area contributed by atoms with Crippen LogP contribution in [0.25, 0.3) is 0 Å². The summed E-state index contributed by atoms with van der Waals surface area (Å²) in [6.45, 7) is 8.58. The third-order valence-corrected chi connectivity index (χ3v) is 5.82. The van der Waals surface area contributed by atoms with E-state index in [1.54, 1.807) is 0 Å². The summed E-state index contributed by atoms with van der Waals surface area (Å²) in [6.07, 6.45) is 2.71. The van der Waals surface area contributed by atoms with Gasteiger partial charge in [-0.3, -0.25) is 4.90 Å². The van der Waals surface area contributed by atoms with Gasteiger partial charge in [-0.2, -0.15) is 0 Å².